The highest BCUT2D eigenvalue weighted by Gasteiger charge is 2.27. The molecule has 0 aromatic carbocycles. The van der Waals surface area contributed by atoms with E-state index in [2.05, 4.69) is 5.32 Å². The Morgan fingerprint density at radius 2 is 2.11 bits per heavy atom. The molecule has 6 heteroatoms. The van der Waals surface area contributed by atoms with Crippen LogP contribution in [0.1, 0.15) is 32.6 Å². The summed E-state index contributed by atoms with van der Waals surface area (Å²) in [6.45, 7) is 4.39. The monoisotopic (exact) mass is 276 g/mol. The Morgan fingerprint density at radius 3 is 2.78 bits per heavy atom. The highest BCUT2D eigenvalue weighted by molar-refractivity contribution is 7.89. The molecule has 0 bridgehead atoms. The summed E-state index contributed by atoms with van der Waals surface area (Å²) in [4.78, 5) is 0. The zero-order valence-electron chi connectivity index (χ0n) is 11.1. The van der Waals surface area contributed by atoms with E-state index in [0.717, 1.165) is 19.4 Å². The van der Waals surface area contributed by atoms with Gasteiger partial charge in [-0.3, -0.25) is 0 Å². The molecule has 0 aromatic heterocycles. The Kier molecular flexibility index (Phi) is 5.00. The normalized spacial score (nSPS) is 26.4. The molecule has 1 unspecified atom stereocenters. The first-order valence-electron chi connectivity index (χ1n) is 6.91. The van der Waals surface area contributed by atoms with Crippen LogP contribution >= 0.6 is 0 Å². The van der Waals surface area contributed by atoms with Crippen molar-refractivity contribution in [3.63, 3.8) is 0 Å². The van der Waals surface area contributed by atoms with Gasteiger partial charge in [0, 0.05) is 19.1 Å². The SMILES string of the molecule is CC1CN(S(=O)(=O)CCCCNC2CC2)CCO1. The summed E-state index contributed by atoms with van der Waals surface area (Å²) in [5.41, 5.74) is 0. The summed E-state index contributed by atoms with van der Waals surface area (Å²) in [6, 6.07) is 0.710. The van der Waals surface area contributed by atoms with Crippen LogP contribution in [0.2, 0.25) is 0 Å². The van der Waals surface area contributed by atoms with E-state index < -0.39 is 10.0 Å². The minimum atomic E-state index is -3.08. The molecule has 18 heavy (non-hydrogen) atoms. The molecule has 2 fully saturated rings. The van der Waals surface area contributed by atoms with Crippen LogP contribution in [0.4, 0.5) is 0 Å². The van der Waals surface area contributed by atoms with Gasteiger partial charge < -0.3 is 10.1 Å². The minimum absolute atomic E-state index is 0.0186. The molecule has 106 valence electrons. The summed E-state index contributed by atoms with van der Waals surface area (Å²) in [7, 11) is -3.08. The van der Waals surface area contributed by atoms with Crippen LogP contribution in [0.25, 0.3) is 0 Å². The van der Waals surface area contributed by atoms with Crippen LogP contribution in [-0.4, -0.2) is 56.9 Å². The zero-order valence-corrected chi connectivity index (χ0v) is 11.9. The summed E-state index contributed by atoms with van der Waals surface area (Å²) in [5.74, 6) is 0.270. The number of sulfonamides is 1. The summed E-state index contributed by atoms with van der Waals surface area (Å²) < 4.78 is 31.1. The fraction of sp³-hybridized carbons (Fsp3) is 1.00. The first-order valence-corrected chi connectivity index (χ1v) is 8.51. The third-order valence-electron chi connectivity index (χ3n) is 3.44. The summed E-state index contributed by atoms with van der Waals surface area (Å²) in [6.07, 6.45) is 4.27. The van der Waals surface area contributed by atoms with Crippen molar-refractivity contribution in [2.45, 2.75) is 44.8 Å². The Morgan fingerprint density at radius 1 is 1.33 bits per heavy atom. The Labute approximate surface area is 110 Å². The minimum Gasteiger partial charge on any atom is -0.376 e. The third-order valence-corrected chi connectivity index (χ3v) is 5.36. The molecule has 0 radical (unpaired) electrons. The maximum atomic E-state index is 12.1. The molecular formula is C12H24N2O3S. The molecule has 1 N–H and O–H groups in total. The van der Waals surface area contributed by atoms with E-state index in [4.69, 9.17) is 4.74 Å². The van der Waals surface area contributed by atoms with E-state index in [1.165, 1.54) is 12.8 Å². The fourth-order valence-corrected chi connectivity index (χ4v) is 3.79. The molecular weight excluding hydrogens is 252 g/mol. The van der Waals surface area contributed by atoms with Gasteiger partial charge in [-0.15, -0.1) is 0 Å². The second kappa shape index (κ2) is 6.32. The molecule has 1 heterocycles. The van der Waals surface area contributed by atoms with Gasteiger partial charge in [0.2, 0.25) is 10.0 Å². The molecule has 1 aliphatic heterocycles. The molecule has 1 atom stereocenters. The van der Waals surface area contributed by atoms with Crippen LogP contribution in [0.15, 0.2) is 0 Å². The fourth-order valence-electron chi connectivity index (χ4n) is 2.17. The van der Waals surface area contributed by atoms with Gasteiger partial charge in [0.05, 0.1) is 18.5 Å². The van der Waals surface area contributed by atoms with E-state index >= 15 is 0 Å². The van der Waals surface area contributed by atoms with Crippen LogP contribution in [0.3, 0.4) is 0 Å². The van der Waals surface area contributed by atoms with Crippen LogP contribution in [-0.2, 0) is 14.8 Å². The second-order valence-electron chi connectivity index (χ2n) is 5.29. The number of hydrogen-bond donors (Lipinski definition) is 1. The summed E-state index contributed by atoms with van der Waals surface area (Å²) in [5, 5.41) is 3.40. The van der Waals surface area contributed by atoms with Crippen LogP contribution < -0.4 is 5.32 Å². The van der Waals surface area contributed by atoms with Crippen molar-refractivity contribution in [2.75, 3.05) is 32.0 Å². The molecule has 2 aliphatic rings. The third kappa shape index (κ3) is 4.50. The number of morpholine rings is 1. The van der Waals surface area contributed by atoms with Gasteiger partial charge in [-0.05, 0) is 39.2 Å². The summed E-state index contributed by atoms with van der Waals surface area (Å²) >= 11 is 0. The molecule has 1 saturated carbocycles. The molecule has 1 saturated heterocycles. The van der Waals surface area contributed by atoms with E-state index in [1.807, 2.05) is 6.92 Å². The van der Waals surface area contributed by atoms with Gasteiger partial charge in [0.1, 0.15) is 0 Å². The standard InChI is InChI=1S/C12H24N2O3S/c1-11-10-14(7-8-17-11)18(15,16)9-3-2-6-13-12-4-5-12/h11-13H,2-10H2,1H3. The van der Waals surface area contributed by atoms with Gasteiger partial charge in [0.15, 0.2) is 0 Å². The molecule has 0 aromatic rings. The predicted octanol–water partition coefficient (Wildman–Crippen LogP) is 0.569. The lowest BCUT2D eigenvalue weighted by molar-refractivity contribution is 0.0102. The van der Waals surface area contributed by atoms with E-state index in [9.17, 15) is 8.42 Å². The number of hydrogen-bond acceptors (Lipinski definition) is 4. The Balaban J connectivity index is 1.65. The average molecular weight is 276 g/mol. The van der Waals surface area contributed by atoms with Crippen LogP contribution in [0, 0.1) is 0 Å². The van der Waals surface area contributed by atoms with E-state index in [1.54, 1.807) is 4.31 Å². The second-order valence-corrected chi connectivity index (χ2v) is 7.38. The van der Waals surface area contributed by atoms with Gasteiger partial charge in [-0.2, -0.15) is 4.31 Å². The number of nitrogens with zero attached hydrogens (tertiary/aromatic N) is 1. The lowest BCUT2D eigenvalue weighted by atomic mass is 10.3. The van der Waals surface area contributed by atoms with Crippen molar-refractivity contribution in [1.82, 2.24) is 9.62 Å². The number of unbranched alkanes of at least 4 members (excludes halogenated alkanes) is 1. The van der Waals surface area contributed by atoms with Crippen molar-refractivity contribution >= 4 is 10.0 Å². The van der Waals surface area contributed by atoms with Crippen molar-refractivity contribution < 1.29 is 13.2 Å². The Hall–Kier alpha value is -0.170. The van der Waals surface area contributed by atoms with Gasteiger partial charge in [0.25, 0.3) is 0 Å². The quantitative estimate of drug-likeness (QED) is 0.691. The number of rotatable bonds is 7. The van der Waals surface area contributed by atoms with E-state index in [0.29, 0.717) is 25.7 Å². The van der Waals surface area contributed by atoms with Gasteiger partial charge in [-0.1, -0.05) is 0 Å². The first-order chi connectivity index (χ1) is 8.58. The smallest absolute Gasteiger partial charge is 0.214 e. The maximum absolute atomic E-state index is 12.1. The highest BCUT2D eigenvalue weighted by Crippen LogP contribution is 2.18. The van der Waals surface area contributed by atoms with Gasteiger partial charge in [-0.25, -0.2) is 8.42 Å². The van der Waals surface area contributed by atoms with Crippen molar-refractivity contribution in [2.24, 2.45) is 0 Å². The van der Waals surface area contributed by atoms with Gasteiger partial charge >= 0.3 is 0 Å². The first kappa shape index (κ1) is 14.2. The number of ether oxygens (including phenoxy) is 1. The largest absolute Gasteiger partial charge is 0.376 e. The van der Waals surface area contributed by atoms with Crippen LogP contribution in [0.5, 0.6) is 0 Å². The molecule has 5 nitrogen and oxygen atoms in total. The van der Waals surface area contributed by atoms with Crippen molar-refractivity contribution in [3.8, 4) is 0 Å². The molecule has 1 aliphatic carbocycles. The predicted molar refractivity (Wildman–Crippen MR) is 71.0 cm³/mol. The molecule has 0 spiro atoms. The lowest BCUT2D eigenvalue weighted by Gasteiger charge is -2.30. The molecule has 0 amide bonds. The number of nitrogens with one attached hydrogen (secondary N) is 1. The topological polar surface area (TPSA) is 58.6 Å². The average Bonchev–Trinajstić information content (AvgIpc) is 3.12. The van der Waals surface area contributed by atoms with E-state index in [-0.39, 0.29) is 11.9 Å². The maximum Gasteiger partial charge on any atom is 0.214 e. The molecule has 2 rings (SSSR count). The Bertz CT molecular complexity index is 354. The van der Waals surface area contributed by atoms with Crippen molar-refractivity contribution in [3.05, 3.63) is 0 Å². The lowest BCUT2D eigenvalue weighted by Crippen LogP contribution is -2.45. The zero-order chi connectivity index (χ0) is 13.0. The van der Waals surface area contributed by atoms with Crippen molar-refractivity contribution in [1.29, 1.82) is 0 Å². The highest BCUT2D eigenvalue weighted by atomic mass is 32.2.